The van der Waals surface area contributed by atoms with Crippen LogP contribution >= 0.6 is 0 Å². The van der Waals surface area contributed by atoms with Gasteiger partial charge in [0.05, 0.1) is 0 Å². The Labute approximate surface area is 81.4 Å². The average molecular weight is 228 g/mol. The van der Waals surface area contributed by atoms with Gasteiger partial charge >= 0.3 is 81.1 Å². The first-order valence-electron chi connectivity index (χ1n) is 5.09. The van der Waals surface area contributed by atoms with Crippen molar-refractivity contribution in [1.82, 2.24) is 0 Å². The van der Waals surface area contributed by atoms with E-state index in [4.69, 9.17) is 3.66 Å². The minimum atomic E-state index is -4.78. The van der Waals surface area contributed by atoms with Gasteiger partial charge in [-0.2, -0.15) is 0 Å². The van der Waals surface area contributed by atoms with Crippen molar-refractivity contribution in [3.8, 4) is 0 Å². The van der Waals surface area contributed by atoms with Gasteiger partial charge in [-0.05, 0) is 0 Å². The topological polar surface area (TPSA) is 43.4 Å². The molecule has 0 aliphatic heterocycles. The summed E-state index contributed by atoms with van der Waals surface area (Å²) in [6.45, 7) is 6.02. The van der Waals surface area contributed by atoms with Gasteiger partial charge in [0.1, 0.15) is 0 Å². The third-order valence-corrected chi connectivity index (χ3v) is 7.17. The molecule has 0 amide bonds. The first kappa shape index (κ1) is 13.1. The summed E-state index contributed by atoms with van der Waals surface area (Å²) in [4.78, 5) is 0. The van der Waals surface area contributed by atoms with E-state index in [1.54, 1.807) is 0 Å². The van der Waals surface area contributed by atoms with Crippen molar-refractivity contribution in [2.75, 3.05) is 6.61 Å². The number of hydrogen-bond acceptors (Lipinski definition) is 3. The predicted molar refractivity (Wildman–Crippen MR) is 47.8 cm³/mol. The SMILES string of the molecule is CCC[O][V](=[O])(=[O])([CH2]CC)[CH2]CC. The molecule has 0 radical (unpaired) electrons. The molecule has 0 saturated carbocycles. The molecule has 0 bridgehead atoms. The summed E-state index contributed by atoms with van der Waals surface area (Å²) >= 11 is -4.78. The maximum absolute atomic E-state index is 12.0. The van der Waals surface area contributed by atoms with Crippen LogP contribution < -0.4 is 0 Å². The minimum absolute atomic E-state index is 0.229. The van der Waals surface area contributed by atoms with Gasteiger partial charge in [0.15, 0.2) is 0 Å². The summed E-state index contributed by atoms with van der Waals surface area (Å²) < 4.78 is 29.2. The van der Waals surface area contributed by atoms with Gasteiger partial charge in [0.2, 0.25) is 0 Å². The molecular formula is C9H21O3V. The molecule has 0 rings (SSSR count). The molecule has 0 aliphatic rings. The van der Waals surface area contributed by atoms with Crippen molar-refractivity contribution in [2.24, 2.45) is 0 Å². The summed E-state index contributed by atoms with van der Waals surface area (Å²) in [5.74, 6) is 0. The normalized spacial score (nSPS) is 13.2. The van der Waals surface area contributed by atoms with Crippen LogP contribution in [0.5, 0.6) is 0 Å². The molecule has 4 heteroatoms. The molecule has 13 heavy (non-hydrogen) atoms. The van der Waals surface area contributed by atoms with E-state index in [0.29, 0.717) is 19.4 Å². The molecule has 0 fully saturated rings. The molecule has 0 saturated heterocycles. The Balaban J connectivity index is 4.50. The third kappa shape index (κ3) is 4.79. The van der Waals surface area contributed by atoms with Crippen molar-refractivity contribution in [1.29, 1.82) is 0 Å². The fourth-order valence-electron chi connectivity index (χ4n) is 1.40. The average Bonchev–Trinajstić information content (AvgIpc) is 2.02. The molecule has 80 valence electrons. The Bertz CT molecular complexity index is 236. The van der Waals surface area contributed by atoms with Crippen LogP contribution in [0.2, 0.25) is 10.3 Å². The Hall–Kier alpha value is 0.144. The van der Waals surface area contributed by atoms with E-state index < -0.39 is 13.1 Å². The second kappa shape index (κ2) is 5.13. The quantitative estimate of drug-likeness (QED) is 0.671. The van der Waals surface area contributed by atoms with E-state index in [1.807, 2.05) is 20.8 Å². The van der Waals surface area contributed by atoms with Crippen molar-refractivity contribution in [2.45, 2.75) is 50.3 Å². The van der Waals surface area contributed by atoms with E-state index in [2.05, 4.69) is 0 Å². The van der Waals surface area contributed by atoms with Gasteiger partial charge in [-0.15, -0.1) is 0 Å². The van der Waals surface area contributed by atoms with E-state index in [0.717, 1.165) is 6.42 Å². The Morgan fingerprint density at radius 3 is 1.69 bits per heavy atom. The van der Waals surface area contributed by atoms with Crippen LogP contribution in [0, 0.1) is 0 Å². The van der Waals surface area contributed by atoms with Crippen LogP contribution in [0.1, 0.15) is 40.0 Å². The van der Waals surface area contributed by atoms with Gasteiger partial charge in [0, 0.05) is 0 Å². The number of hydrogen-bond donors (Lipinski definition) is 0. The predicted octanol–water partition coefficient (Wildman–Crippen LogP) is 3.37. The Kier molecular flexibility index (Phi) is 5.19. The van der Waals surface area contributed by atoms with E-state index in [1.165, 1.54) is 0 Å². The van der Waals surface area contributed by atoms with Gasteiger partial charge in [0.25, 0.3) is 0 Å². The molecular weight excluding hydrogens is 207 g/mol. The van der Waals surface area contributed by atoms with E-state index in [-0.39, 0.29) is 10.3 Å². The molecule has 0 aromatic carbocycles. The van der Waals surface area contributed by atoms with Crippen LogP contribution in [0.4, 0.5) is 0 Å². The van der Waals surface area contributed by atoms with Gasteiger partial charge in [-0.1, -0.05) is 0 Å². The molecule has 0 aromatic heterocycles. The maximum atomic E-state index is 12.0. The summed E-state index contributed by atoms with van der Waals surface area (Å²) in [5.41, 5.74) is 0. The zero-order chi connectivity index (χ0) is 10.4. The number of rotatable bonds is 7. The van der Waals surface area contributed by atoms with Crippen molar-refractivity contribution in [3.05, 3.63) is 0 Å². The molecule has 0 aromatic rings. The van der Waals surface area contributed by atoms with Crippen LogP contribution in [-0.4, -0.2) is 6.61 Å². The van der Waals surface area contributed by atoms with Crippen LogP contribution in [-0.2, 0) is 24.1 Å². The van der Waals surface area contributed by atoms with Crippen molar-refractivity contribution >= 4 is 0 Å². The zero-order valence-electron chi connectivity index (χ0n) is 8.91. The summed E-state index contributed by atoms with van der Waals surface area (Å²) in [6, 6.07) is 0. The fourth-order valence-corrected chi connectivity index (χ4v) is 5.77. The van der Waals surface area contributed by atoms with Crippen LogP contribution in [0.3, 0.4) is 0 Å². The Morgan fingerprint density at radius 1 is 0.923 bits per heavy atom. The molecule has 0 unspecified atom stereocenters. The van der Waals surface area contributed by atoms with E-state index in [9.17, 15) is 7.35 Å². The zero-order valence-corrected chi connectivity index (χ0v) is 10.3. The van der Waals surface area contributed by atoms with Gasteiger partial charge < -0.3 is 0 Å². The molecule has 0 heterocycles. The van der Waals surface area contributed by atoms with Gasteiger partial charge in [-0.3, -0.25) is 0 Å². The summed E-state index contributed by atoms with van der Waals surface area (Å²) in [6.07, 6.45) is 2.07. The van der Waals surface area contributed by atoms with E-state index >= 15 is 0 Å². The molecule has 3 nitrogen and oxygen atoms in total. The van der Waals surface area contributed by atoms with Gasteiger partial charge in [-0.25, -0.2) is 0 Å². The Morgan fingerprint density at radius 2 is 1.38 bits per heavy atom. The van der Waals surface area contributed by atoms with Crippen LogP contribution in [0.25, 0.3) is 0 Å². The fraction of sp³-hybridized carbons (Fsp3) is 1.00. The molecule has 0 atom stereocenters. The first-order valence-corrected chi connectivity index (χ1v) is 8.78. The monoisotopic (exact) mass is 228 g/mol. The molecule has 0 spiro atoms. The first-order chi connectivity index (χ1) is 5.96. The molecule has 0 aliphatic carbocycles. The third-order valence-electron chi connectivity index (χ3n) is 1.89. The summed E-state index contributed by atoms with van der Waals surface area (Å²) in [7, 11) is 0. The van der Waals surface area contributed by atoms with Crippen molar-refractivity contribution < 1.29 is 24.1 Å². The van der Waals surface area contributed by atoms with Crippen LogP contribution in [0.15, 0.2) is 0 Å². The second-order valence-electron chi connectivity index (χ2n) is 3.50. The summed E-state index contributed by atoms with van der Waals surface area (Å²) in [5, 5.41) is 0.457. The van der Waals surface area contributed by atoms with Crippen molar-refractivity contribution in [3.63, 3.8) is 0 Å². The second-order valence-corrected chi connectivity index (χ2v) is 9.12. The molecule has 0 N–H and O–H groups in total. The standard InChI is InChI=1S/C3H7O.2C3H7.2O.V/c1-2-3-4;2*1-3-2;;;/h2-3H2,1H3;2*1,3H2,2H3;;;/q-1;;;;;+1.